The lowest BCUT2D eigenvalue weighted by atomic mass is 10.1. The molecule has 0 unspecified atom stereocenters. The molecule has 0 atom stereocenters. The third-order valence-corrected chi connectivity index (χ3v) is 6.09. The van der Waals surface area contributed by atoms with Crippen LogP contribution in [0.3, 0.4) is 0 Å². The van der Waals surface area contributed by atoms with E-state index in [1.54, 1.807) is 50.4 Å². The zero-order valence-corrected chi connectivity index (χ0v) is 22.2. The molecule has 0 aliphatic heterocycles. The monoisotopic (exact) mass is 558 g/mol. The van der Waals surface area contributed by atoms with Crippen molar-refractivity contribution in [2.45, 2.75) is 13.5 Å². The van der Waals surface area contributed by atoms with Crippen LogP contribution < -0.4 is 20.6 Å². The molecular weight excluding hydrogens is 536 g/mol. The fraction of sp³-hybridized carbons (Fsp3) is 0.111. The number of aromatic nitrogens is 5. The highest BCUT2D eigenvalue weighted by Gasteiger charge is 2.26. The van der Waals surface area contributed by atoms with Gasteiger partial charge in [0.2, 0.25) is 11.6 Å². The molecule has 3 N–H and O–H groups in total. The molecule has 0 saturated heterocycles. The highest BCUT2D eigenvalue weighted by Crippen LogP contribution is 2.29. The molecule has 0 bridgehead atoms. The highest BCUT2D eigenvalue weighted by molar-refractivity contribution is 6.30. The second kappa shape index (κ2) is 11.7. The Morgan fingerprint density at radius 3 is 2.55 bits per heavy atom. The van der Waals surface area contributed by atoms with Gasteiger partial charge in [-0.2, -0.15) is 9.78 Å². The number of hydrazone groups is 1. The van der Waals surface area contributed by atoms with Gasteiger partial charge >= 0.3 is 0 Å². The van der Waals surface area contributed by atoms with Crippen LogP contribution >= 0.6 is 11.6 Å². The van der Waals surface area contributed by atoms with Gasteiger partial charge in [0.05, 0.1) is 12.8 Å². The van der Waals surface area contributed by atoms with Crippen LogP contribution in [-0.4, -0.2) is 44.0 Å². The molecule has 0 aliphatic carbocycles. The molecule has 0 radical (unpaired) electrons. The number of nitrogens with zero attached hydrogens (tertiary/aromatic N) is 6. The number of nitrogens with one attached hydrogen (secondary N) is 1. The van der Waals surface area contributed by atoms with Crippen molar-refractivity contribution >= 4 is 29.0 Å². The first-order chi connectivity index (χ1) is 19.4. The van der Waals surface area contributed by atoms with Gasteiger partial charge in [-0.25, -0.2) is 10.1 Å². The Morgan fingerprint density at radius 2 is 1.85 bits per heavy atom. The summed E-state index contributed by atoms with van der Waals surface area (Å²) in [7, 11) is 1.55. The zero-order chi connectivity index (χ0) is 28.1. The van der Waals surface area contributed by atoms with Gasteiger partial charge in [-0.05, 0) is 53.1 Å². The first-order valence-corrected chi connectivity index (χ1v) is 12.3. The zero-order valence-electron chi connectivity index (χ0n) is 21.4. The van der Waals surface area contributed by atoms with Crippen molar-refractivity contribution in [1.29, 1.82) is 0 Å². The van der Waals surface area contributed by atoms with Crippen molar-refractivity contribution in [3.8, 4) is 28.6 Å². The van der Waals surface area contributed by atoms with Crippen LogP contribution in [0.25, 0.3) is 17.1 Å². The average Bonchev–Trinajstić information content (AvgIpc) is 3.61. The van der Waals surface area contributed by atoms with Gasteiger partial charge in [0.15, 0.2) is 17.2 Å². The minimum absolute atomic E-state index is 0.0273. The van der Waals surface area contributed by atoms with Crippen LogP contribution in [0.15, 0.2) is 82.5 Å². The largest absolute Gasteiger partial charge is 0.493 e. The molecule has 40 heavy (non-hydrogen) atoms. The van der Waals surface area contributed by atoms with Crippen LogP contribution in [0.2, 0.25) is 5.02 Å². The van der Waals surface area contributed by atoms with Gasteiger partial charge < -0.3 is 15.2 Å². The molecule has 0 saturated carbocycles. The number of methoxy groups -OCH3 is 1. The normalized spacial score (nSPS) is 11.3. The molecule has 5 aromatic rings. The molecule has 13 heteroatoms. The van der Waals surface area contributed by atoms with Crippen LogP contribution in [-0.2, 0) is 6.61 Å². The predicted molar refractivity (Wildman–Crippen MR) is 148 cm³/mol. The van der Waals surface area contributed by atoms with E-state index >= 15 is 0 Å². The number of anilines is 1. The Morgan fingerprint density at radius 1 is 1.07 bits per heavy atom. The van der Waals surface area contributed by atoms with E-state index < -0.39 is 5.91 Å². The SMILES string of the molecule is COc1cc(C(C)=NNC(=O)c2c(-c3ccccc3)nnn2-c2nonc2N)ccc1OCc1ccc(Cl)cc1. The Bertz CT molecular complexity index is 1670. The van der Waals surface area contributed by atoms with E-state index in [4.69, 9.17) is 26.8 Å². The van der Waals surface area contributed by atoms with E-state index in [-0.39, 0.29) is 17.3 Å². The maximum atomic E-state index is 13.4. The summed E-state index contributed by atoms with van der Waals surface area (Å²) in [4.78, 5) is 13.4. The predicted octanol–water partition coefficient (Wildman–Crippen LogP) is 4.29. The number of hydrogen-bond acceptors (Lipinski definition) is 10. The van der Waals surface area contributed by atoms with Gasteiger partial charge in [-0.3, -0.25) is 4.79 Å². The molecule has 12 nitrogen and oxygen atoms in total. The minimum atomic E-state index is -0.597. The van der Waals surface area contributed by atoms with Crippen molar-refractivity contribution in [3.05, 3.63) is 94.6 Å². The van der Waals surface area contributed by atoms with Crippen molar-refractivity contribution in [3.63, 3.8) is 0 Å². The van der Waals surface area contributed by atoms with Crippen molar-refractivity contribution in [1.82, 2.24) is 30.7 Å². The molecular formula is C27H23ClN8O4. The molecule has 202 valence electrons. The molecule has 2 heterocycles. The minimum Gasteiger partial charge on any atom is -0.493 e. The van der Waals surface area contributed by atoms with Gasteiger partial charge in [-0.1, -0.05) is 59.3 Å². The fourth-order valence-electron chi connectivity index (χ4n) is 3.77. The Labute approximate surface area is 233 Å². The smallest absolute Gasteiger partial charge is 0.292 e. The number of carbonyl (C=O) groups is 1. The summed E-state index contributed by atoms with van der Waals surface area (Å²) in [6, 6.07) is 21.8. The first kappa shape index (κ1) is 26.4. The third kappa shape index (κ3) is 5.61. The van der Waals surface area contributed by atoms with Gasteiger partial charge in [0.25, 0.3) is 5.91 Å². The van der Waals surface area contributed by atoms with Gasteiger partial charge in [0, 0.05) is 16.1 Å². The number of ether oxygens (including phenoxy) is 2. The second-order valence-electron chi connectivity index (χ2n) is 8.46. The number of amides is 1. The molecule has 5 rings (SSSR count). The summed E-state index contributed by atoms with van der Waals surface area (Å²) < 4.78 is 17.3. The summed E-state index contributed by atoms with van der Waals surface area (Å²) in [6.45, 7) is 2.09. The lowest BCUT2D eigenvalue weighted by Crippen LogP contribution is -2.23. The maximum Gasteiger partial charge on any atom is 0.292 e. The van der Waals surface area contributed by atoms with E-state index in [0.29, 0.717) is 45.7 Å². The van der Waals surface area contributed by atoms with Crippen molar-refractivity contribution in [2.75, 3.05) is 12.8 Å². The molecule has 1 amide bonds. The molecule has 0 spiro atoms. The van der Waals surface area contributed by atoms with Crippen molar-refractivity contribution < 1.29 is 18.9 Å². The lowest BCUT2D eigenvalue weighted by molar-refractivity contribution is 0.0947. The van der Waals surface area contributed by atoms with E-state index in [0.717, 1.165) is 10.2 Å². The molecule has 2 aromatic heterocycles. The van der Waals surface area contributed by atoms with E-state index in [1.165, 1.54) is 0 Å². The van der Waals surface area contributed by atoms with Gasteiger partial charge in [0.1, 0.15) is 12.3 Å². The third-order valence-electron chi connectivity index (χ3n) is 5.84. The standard InChI is InChI=1S/C27H23ClN8O4/c1-16(19-10-13-21(22(14-19)38-2)39-15-17-8-11-20(28)12-9-17)30-32-27(37)24-23(18-6-4-3-5-7-18)31-35-36(24)26-25(29)33-40-34-26/h3-14H,15H2,1-2H3,(H2,29,33)(H,32,37). The number of carbonyl (C=O) groups excluding carboxylic acids is 1. The second-order valence-corrected chi connectivity index (χ2v) is 8.89. The first-order valence-electron chi connectivity index (χ1n) is 11.9. The summed E-state index contributed by atoms with van der Waals surface area (Å²) in [5.74, 6) is 0.443. The molecule has 0 fully saturated rings. The van der Waals surface area contributed by atoms with E-state index in [2.05, 4.69) is 35.8 Å². The van der Waals surface area contributed by atoms with E-state index in [1.807, 2.05) is 36.4 Å². The molecule has 3 aromatic carbocycles. The number of benzene rings is 3. The Kier molecular flexibility index (Phi) is 7.69. The number of hydrogen-bond donors (Lipinski definition) is 2. The fourth-order valence-corrected chi connectivity index (χ4v) is 3.89. The summed E-state index contributed by atoms with van der Waals surface area (Å²) in [5, 5.41) is 20.5. The number of nitrogen functional groups attached to an aromatic ring is 1. The van der Waals surface area contributed by atoms with Crippen LogP contribution in [0.5, 0.6) is 11.5 Å². The topological polar surface area (TPSA) is 156 Å². The van der Waals surface area contributed by atoms with Crippen LogP contribution in [0.1, 0.15) is 28.5 Å². The summed E-state index contributed by atoms with van der Waals surface area (Å²) in [6.07, 6.45) is 0. The number of nitrogens with two attached hydrogens (primary N) is 1. The van der Waals surface area contributed by atoms with Crippen LogP contribution in [0, 0.1) is 0 Å². The molecule has 0 aliphatic rings. The van der Waals surface area contributed by atoms with Gasteiger partial charge in [-0.15, -0.1) is 5.10 Å². The highest BCUT2D eigenvalue weighted by atomic mass is 35.5. The number of halogens is 1. The summed E-state index contributed by atoms with van der Waals surface area (Å²) >= 11 is 5.95. The Hall–Kier alpha value is -5.23. The Balaban J connectivity index is 1.37. The lowest BCUT2D eigenvalue weighted by Gasteiger charge is -2.12. The van der Waals surface area contributed by atoms with E-state index in [9.17, 15) is 4.79 Å². The quantitative estimate of drug-likeness (QED) is 0.199. The van der Waals surface area contributed by atoms with Crippen molar-refractivity contribution in [2.24, 2.45) is 5.10 Å². The van der Waals surface area contributed by atoms with Crippen LogP contribution in [0.4, 0.5) is 5.82 Å². The maximum absolute atomic E-state index is 13.4. The average molecular weight is 559 g/mol. The summed E-state index contributed by atoms with van der Waals surface area (Å²) in [5.41, 5.74) is 11.6. The number of rotatable bonds is 9.